The Morgan fingerprint density at radius 1 is 0.676 bits per heavy atom. The quantitative estimate of drug-likeness (QED) is 0.104. The molecule has 3 aliphatic carbocycles. The molecule has 3 heterocycles. The number of hydrogen-bond acceptors (Lipinski definition) is 13. The third-order valence-electron chi connectivity index (χ3n) is 22.6. The molecule has 3 aliphatic heterocycles. The standard InChI is InChI=1S/C73H115ClF6N12O13/c1-16-22-51-61(96)82-60(44(5)17-2)68(103)86(11)40-59(95)88(13)52-23-20-19-21-32-91(67(52)102)55(34-46-26-24-43(4)25-27-46)65(100)85(10)39-57(93)81-50(31-29-45-28-30-48(49(74)33-45)73(78,79)80)63(98)92-38-47(105-18-3)35-53(92)62(97)83-71(41-70(6,7)42-71)69(104)90(15)56(37-72(75,76)77)66(101)89(14)54(64(99)84(8)9)36-58(94)87(51)12/h19-20,43-56,60H,16-18,21-42H2,1-15H3,(H,81,93)(H,82,96)(H,83,97)/b20-19-/t43?,44-,45?,46?,47-,48?,49?,50+,51+,52+,53+,54+,55+,56+,60+/m1/s1. The van der Waals surface area contributed by atoms with Crippen LogP contribution in [-0.2, 0) is 62.3 Å². The lowest BCUT2D eigenvalue weighted by atomic mass is 9.58. The number of rotatable bonds is 13. The Labute approximate surface area is 619 Å². The number of ether oxygens (including phenoxy) is 1. The molecule has 25 nitrogen and oxygen atoms in total. The second kappa shape index (κ2) is 36.9. The first kappa shape index (κ1) is 87.1. The number of hydrogen-bond donors (Lipinski definition) is 3. The van der Waals surface area contributed by atoms with Gasteiger partial charge in [0.1, 0.15) is 53.9 Å². The van der Waals surface area contributed by atoms with Crippen LogP contribution in [0.1, 0.15) is 177 Å². The van der Waals surface area contributed by atoms with Crippen molar-refractivity contribution in [3.8, 4) is 0 Å². The first-order valence-corrected chi connectivity index (χ1v) is 37.7. The van der Waals surface area contributed by atoms with Crippen molar-refractivity contribution in [3.05, 3.63) is 12.2 Å². The highest BCUT2D eigenvalue weighted by Gasteiger charge is 2.60. The SMILES string of the molecule is CCC[C@H]1C(=O)N[C@@H]([C@H](C)CC)C(=O)N(C)CC(=O)N(C)[C@H]2C/C=C\CCN(C2=O)[C@@H](CC2CCC(C)CC2)C(=O)N(C)CC(=O)N[C@@H](CCC2CCC(C(F)(F)F)C(Cl)C2)C(=O)N2C[C@H](OCC)C[C@H]2C(=O)NC2(CC(C)(C)C2)C(=O)N(C)[C@@H](CC(F)(F)F)C(=O)N(C)[C@H](C(=O)N(C)C)CC(=O)N1C. The van der Waals surface area contributed by atoms with Crippen molar-refractivity contribution in [1.82, 2.24) is 60.0 Å². The van der Waals surface area contributed by atoms with Crippen molar-refractivity contribution in [2.75, 3.05) is 89.2 Å². The van der Waals surface area contributed by atoms with Crippen LogP contribution in [0, 0.1) is 35.0 Å². The van der Waals surface area contributed by atoms with Gasteiger partial charge in [-0.05, 0) is 107 Å². The molecule has 6 rings (SSSR count). The second-order valence-corrected chi connectivity index (χ2v) is 32.2. The highest BCUT2D eigenvalue weighted by Crippen LogP contribution is 2.50. The van der Waals surface area contributed by atoms with E-state index in [1.165, 1.54) is 52.1 Å². The average Bonchev–Trinajstić information content (AvgIpc) is 1.28. The summed E-state index contributed by atoms with van der Waals surface area (Å²) in [6.07, 6.45) is -6.73. The van der Waals surface area contributed by atoms with Gasteiger partial charge in [-0.3, -0.25) is 57.5 Å². The first-order chi connectivity index (χ1) is 48.9. The molecule has 3 N–H and O–H groups in total. The lowest BCUT2D eigenvalue weighted by Crippen LogP contribution is -2.71. The van der Waals surface area contributed by atoms with Gasteiger partial charge in [-0.15, -0.1) is 11.6 Å². The van der Waals surface area contributed by atoms with Gasteiger partial charge in [0.25, 0.3) is 0 Å². The molecule has 0 aromatic heterocycles. The van der Waals surface area contributed by atoms with Gasteiger partial charge in [0.2, 0.25) is 70.9 Å². The van der Waals surface area contributed by atoms with Crippen molar-refractivity contribution in [2.45, 2.75) is 255 Å². The zero-order chi connectivity index (χ0) is 78.7. The summed E-state index contributed by atoms with van der Waals surface area (Å²) in [5, 5.41) is 7.03. The molecule has 3 unspecified atom stereocenters. The Morgan fingerprint density at radius 2 is 1.30 bits per heavy atom. The number of amides is 12. The zero-order valence-electron chi connectivity index (χ0n) is 64.0. The van der Waals surface area contributed by atoms with Crippen LogP contribution in [0.3, 0.4) is 0 Å². The highest BCUT2D eigenvalue weighted by molar-refractivity contribution is 6.21. The van der Waals surface area contributed by atoms with Crippen LogP contribution in [0.15, 0.2) is 12.2 Å². The van der Waals surface area contributed by atoms with E-state index in [1.807, 2.05) is 6.08 Å². The third kappa shape index (κ3) is 22.2. The topological polar surface area (TPSA) is 279 Å². The van der Waals surface area contributed by atoms with Crippen LogP contribution in [0.25, 0.3) is 0 Å². The molecule has 3 saturated carbocycles. The van der Waals surface area contributed by atoms with Crippen LogP contribution in [0.2, 0.25) is 0 Å². The van der Waals surface area contributed by atoms with E-state index in [0.29, 0.717) is 28.6 Å². The molecule has 5 fully saturated rings. The molecule has 2 bridgehead atoms. The van der Waals surface area contributed by atoms with Crippen molar-refractivity contribution in [1.29, 1.82) is 0 Å². The number of nitrogens with one attached hydrogen (secondary N) is 3. The van der Waals surface area contributed by atoms with Crippen LogP contribution < -0.4 is 16.0 Å². The fraction of sp³-hybridized carbons (Fsp3) is 0.808. The van der Waals surface area contributed by atoms with E-state index in [9.17, 15) is 46.7 Å². The number of carbonyl (C=O) groups is 12. The van der Waals surface area contributed by atoms with Crippen molar-refractivity contribution in [3.63, 3.8) is 0 Å². The van der Waals surface area contributed by atoms with Gasteiger partial charge in [-0.1, -0.05) is 92.2 Å². The van der Waals surface area contributed by atoms with Gasteiger partial charge in [0, 0.05) is 87.9 Å². The second-order valence-electron chi connectivity index (χ2n) is 31.6. The summed E-state index contributed by atoms with van der Waals surface area (Å²) < 4.78 is 93.4. The van der Waals surface area contributed by atoms with Crippen molar-refractivity contribution >= 4 is 82.5 Å². The molecule has 12 amide bonds. The first-order valence-electron chi connectivity index (χ1n) is 37.2. The number of nitrogens with zero attached hydrogens (tertiary/aromatic N) is 9. The Bertz CT molecular complexity index is 3150. The summed E-state index contributed by atoms with van der Waals surface area (Å²) in [6, 6.07) is -12.4. The molecular weight excluding hydrogens is 1400 g/mol. The van der Waals surface area contributed by atoms with E-state index in [2.05, 4.69) is 22.9 Å². The van der Waals surface area contributed by atoms with Crippen LogP contribution in [0.5, 0.6) is 0 Å². The van der Waals surface area contributed by atoms with Gasteiger partial charge in [0.05, 0.1) is 38.0 Å². The smallest absolute Gasteiger partial charge is 0.377 e. The number of halogens is 7. The molecule has 0 aromatic carbocycles. The third-order valence-corrected chi connectivity index (χ3v) is 23.1. The molecular formula is C73H115ClF6N12O13. The molecule has 0 radical (unpaired) electrons. The number of likely N-dealkylation sites (N-methyl/N-ethyl adjacent to an activating group) is 7. The van der Waals surface area contributed by atoms with Gasteiger partial charge in [0.15, 0.2) is 0 Å². The molecule has 0 aromatic rings. The maximum absolute atomic E-state index is 15.6. The summed E-state index contributed by atoms with van der Waals surface area (Å²) >= 11 is 6.41. The lowest BCUT2D eigenvalue weighted by molar-refractivity contribution is -0.182. The molecule has 13 atom stereocenters. The largest absolute Gasteiger partial charge is 0.393 e. The van der Waals surface area contributed by atoms with Crippen LogP contribution in [0.4, 0.5) is 26.3 Å². The Morgan fingerprint density at radius 3 is 1.88 bits per heavy atom. The van der Waals surface area contributed by atoms with E-state index >= 15 is 37.1 Å². The fourth-order valence-corrected chi connectivity index (χ4v) is 16.8. The summed E-state index contributed by atoms with van der Waals surface area (Å²) in [4.78, 5) is 189. The summed E-state index contributed by atoms with van der Waals surface area (Å²) in [7, 11) is 9.88. The highest BCUT2D eigenvalue weighted by atomic mass is 35.5. The average molecular weight is 1520 g/mol. The monoisotopic (exact) mass is 1520 g/mol. The predicted molar refractivity (Wildman–Crippen MR) is 379 cm³/mol. The summed E-state index contributed by atoms with van der Waals surface area (Å²) in [6.45, 7) is 11.0. The van der Waals surface area contributed by atoms with Gasteiger partial charge < -0.3 is 64.8 Å². The van der Waals surface area contributed by atoms with Gasteiger partial charge in [-0.25, -0.2) is 0 Å². The van der Waals surface area contributed by atoms with E-state index in [4.69, 9.17) is 16.3 Å². The predicted octanol–water partition coefficient (Wildman–Crippen LogP) is 6.28. The van der Waals surface area contributed by atoms with Gasteiger partial charge >= 0.3 is 12.4 Å². The Kier molecular flexibility index (Phi) is 30.6. The lowest BCUT2D eigenvalue weighted by Gasteiger charge is -2.54. The van der Waals surface area contributed by atoms with E-state index in [-0.39, 0.29) is 103 Å². The fourth-order valence-electron chi connectivity index (χ4n) is 16.3. The van der Waals surface area contributed by atoms with Gasteiger partial charge in [-0.2, -0.15) is 26.3 Å². The summed E-state index contributed by atoms with van der Waals surface area (Å²) in [5.74, 6) is -13.1. The molecule has 32 heteroatoms. The van der Waals surface area contributed by atoms with Crippen molar-refractivity contribution in [2.24, 2.45) is 35.0 Å². The number of fused-ring (bicyclic) bond motifs is 3. The van der Waals surface area contributed by atoms with E-state index in [0.717, 1.165) is 64.3 Å². The zero-order valence-corrected chi connectivity index (χ0v) is 64.7. The molecule has 1 spiro atoms. The minimum absolute atomic E-state index is 0.00522. The summed E-state index contributed by atoms with van der Waals surface area (Å²) in [5.41, 5.74) is -2.81. The molecule has 105 heavy (non-hydrogen) atoms. The number of carbonyl (C=O) groups excluding carboxylic acids is 12. The minimum Gasteiger partial charge on any atom is -0.377 e. The minimum atomic E-state index is -5.17. The molecule has 2 saturated heterocycles. The normalized spacial score (nSPS) is 31.4. The van der Waals surface area contributed by atoms with Crippen LogP contribution >= 0.6 is 11.6 Å². The Balaban J connectivity index is 1.49. The van der Waals surface area contributed by atoms with Crippen molar-refractivity contribution < 1.29 is 88.6 Å². The molecule has 6 aliphatic rings. The number of alkyl halides is 7. The van der Waals surface area contributed by atoms with E-state index < -0.39 is 198 Å². The maximum atomic E-state index is 15.6. The van der Waals surface area contributed by atoms with E-state index in [1.54, 1.807) is 47.6 Å². The maximum Gasteiger partial charge on any atom is 0.393 e. The van der Waals surface area contributed by atoms with Crippen LogP contribution in [-0.4, -0.2) is 282 Å². The Hall–Kier alpha value is -6.79. The molecule has 594 valence electrons.